The highest BCUT2D eigenvalue weighted by atomic mass is 32.1. The molecule has 3 aromatic rings. The van der Waals surface area contributed by atoms with Crippen LogP contribution < -0.4 is 15.0 Å². The van der Waals surface area contributed by atoms with E-state index in [2.05, 4.69) is 10.3 Å². The van der Waals surface area contributed by atoms with E-state index in [1.165, 1.54) is 4.90 Å². The minimum absolute atomic E-state index is 0.0803. The van der Waals surface area contributed by atoms with Crippen LogP contribution in [0.15, 0.2) is 47.8 Å². The first-order chi connectivity index (χ1) is 13.5. The average Bonchev–Trinajstić information content (AvgIpc) is 3.12. The summed E-state index contributed by atoms with van der Waals surface area (Å²) in [4.78, 5) is 31.0. The third-order valence-electron chi connectivity index (χ3n) is 4.54. The van der Waals surface area contributed by atoms with Crippen LogP contribution in [0.2, 0.25) is 0 Å². The largest absolute Gasteiger partial charge is 0.482 e. The molecule has 0 aliphatic carbocycles. The minimum Gasteiger partial charge on any atom is -0.482 e. The summed E-state index contributed by atoms with van der Waals surface area (Å²) in [5.41, 5.74) is 4.00. The van der Waals surface area contributed by atoms with Crippen molar-refractivity contribution >= 4 is 34.5 Å². The Balaban J connectivity index is 1.60. The van der Waals surface area contributed by atoms with Gasteiger partial charge in [0.2, 0.25) is 5.91 Å². The second kappa shape index (κ2) is 7.44. The molecule has 1 aliphatic rings. The summed E-state index contributed by atoms with van der Waals surface area (Å²) in [5.74, 6) is 0.0726. The van der Waals surface area contributed by atoms with Gasteiger partial charge in [-0.05, 0) is 43.7 Å². The van der Waals surface area contributed by atoms with Crippen LogP contribution in [0, 0.1) is 13.8 Å². The summed E-state index contributed by atoms with van der Waals surface area (Å²) in [6.45, 7) is 3.71. The summed E-state index contributed by atoms with van der Waals surface area (Å²) < 4.78 is 5.54. The maximum absolute atomic E-state index is 12.6. The lowest BCUT2D eigenvalue weighted by Crippen LogP contribution is -2.43. The van der Waals surface area contributed by atoms with Crippen molar-refractivity contribution < 1.29 is 14.3 Å². The van der Waals surface area contributed by atoms with Gasteiger partial charge >= 0.3 is 0 Å². The Morgan fingerprint density at radius 1 is 1.25 bits per heavy atom. The molecule has 0 unspecified atom stereocenters. The number of nitrogens with one attached hydrogen (secondary N) is 1. The van der Waals surface area contributed by atoms with Gasteiger partial charge < -0.3 is 10.1 Å². The van der Waals surface area contributed by atoms with Crippen molar-refractivity contribution in [2.45, 2.75) is 13.8 Å². The van der Waals surface area contributed by atoms with Crippen LogP contribution in [0.4, 0.5) is 11.4 Å². The van der Waals surface area contributed by atoms with Gasteiger partial charge in [0.25, 0.3) is 5.91 Å². The Hall–Kier alpha value is -3.19. The quantitative estimate of drug-likeness (QED) is 0.732. The van der Waals surface area contributed by atoms with E-state index in [4.69, 9.17) is 4.74 Å². The first kappa shape index (κ1) is 18.2. The van der Waals surface area contributed by atoms with Crippen LogP contribution in [0.5, 0.6) is 5.75 Å². The van der Waals surface area contributed by atoms with E-state index in [0.717, 1.165) is 27.5 Å². The molecule has 2 aromatic carbocycles. The predicted octanol–water partition coefficient (Wildman–Crippen LogP) is 3.79. The van der Waals surface area contributed by atoms with Gasteiger partial charge in [0.05, 0.1) is 16.4 Å². The number of rotatable bonds is 4. The van der Waals surface area contributed by atoms with E-state index in [1.807, 2.05) is 61.7 Å². The molecule has 0 saturated heterocycles. The first-order valence-corrected chi connectivity index (χ1v) is 9.74. The zero-order valence-corrected chi connectivity index (χ0v) is 16.4. The Bertz CT molecular complexity index is 1060. The Morgan fingerprint density at radius 2 is 2.07 bits per heavy atom. The van der Waals surface area contributed by atoms with Crippen LogP contribution in [0.1, 0.15) is 10.6 Å². The molecule has 0 radical (unpaired) electrons. The van der Waals surface area contributed by atoms with Crippen LogP contribution in [-0.4, -0.2) is 29.9 Å². The SMILES string of the molecule is Cc1nc(-c2ccc3c(c2)N(CC(=O)Nc2ccccc2C)C(=O)CO3)cs1. The molecular weight excluding hydrogens is 374 g/mol. The second-order valence-corrected chi connectivity index (χ2v) is 7.63. The molecule has 142 valence electrons. The van der Waals surface area contributed by atoms with Gasteiger partial charge in [-0.2, -0.15) is 0 Å². The van der Waals surface area contributed by atoms with Crippen molar-refractivity contribution in [3.63, 3.8) is 0 Å². The fraction of sp³-hybridized carbons (Fsp3) is 0.190. The lowest BCUT2D eigenvalue weighted by atomic mass is 10.1. The summed E-state index contributed by atoms with van der Waals surface area (Å²) >= 11 is 1.56. The first-order valence-electron chi connectivity index (χ1n) is 8.86. The number of nitrogens with zero attached hydrogens (tertiary/aromatic N) is 2. The van der Waals surface area contributed by atoms with Gasteiger partial charge in [0.1, 0.15) is 12.3 Å². The molecule has 1 aliphatic heterocycles. The van der Waals surface area contributed by atoms with Crippen molar-refractivity contribution in [1.29, 1.82) is 0 Å². The number of thiazole rings is 1. The topological polar surface area (TPSA) is 71.5 Å². The van der Waals surface area contributed by atoms with Crippen LogP contribution >= 0.6 is 11.3 Å². The number of carbonyl (C=O) groups excluding carboxylic acids is 2. The summed E-state index contributed by atoms with van der Waals surface area (Å²) in [5, 5.41) is 5.81. The van der Waals surface area contributed by atoms with E-state index >= 15 is 0 Å². The monoisotopic (exact) mass is 393 g/mol. The number of benzene rings is 2. The molecule has 6 nitrogen and oxygen atoms in total. The van der Waals surface area contributed by atoms with Crippen LogP contribution in [0.25, 0.3) is 11.3 Å². The predicted molar refractivity (Wildman–Crippen MR) is 110 cm³/mol. The molecule has 1 N–H and O–H groups in total. The third-order valence-corrected chi connectivity index (χ3v) is 5.31. The third kappa shape index (κ3) is 3.61. The molecule has 0 saturated carbocycles. The van der Waals surface area contributed by atoms with Crippen molar-refractivity contribution in [1.82, 2.24) is 4.98 Å². The van der Waals surface area contributed by atoms with Gasteiger partial charge in [-0.3, -0.25) is 14.5 Å². The number of hydrogen-bond acceptors (Lipinski definition) is 5. The van der Waals surface area contributed by atoms with Gasteiger partial charge in [0.15, 0.2) is 6.61 Å². The average molecular weight is 393 g/mol. The summed E-state index contributed by atoms with van der Waals surface area (Å²) in [6, 6.07) is 13.1. The number of ether oxygens (including phenoxy) is 1. The highest BCUT2D eigenvalue weighted by molar-refractivity contribution is 7.09. The van der Waals surface area contributed by atoms with E-state index in [0.29, 0.717) is 11.4 Å². The molecule has 0 fully saturated rings. The minimum atomic E-state index is -0.259. The van der Waals surface area contributed by atoms with E-state index < -0.39 is 0 Å². The normalized spacial score (nSPS) is 13.1. The Labute approximate surface area is 166 Å². The standard InChI is InChI=1S/C21H19N3O3S/c1-13-5-3-4-6-16(13)23-20(25)10-24-18-9-15(17-12-28-14(2)22-17)7-8-19(18)27-11-21(24)26/h3-9,12H,10-11H2,1-2H3,(H,23,25). The van der Waals surface area contributed by atoms with Gasteiger partial charge in [-0.15, -0.1) is 11.3 Å². The molecule has 0 spiro atoms. The van der Waals surface area contributed by atoms with E-state index in [9.17, 15) is 9.59 Å². The number of carbonyl (C=O) groups is 2. The van der Waals surface area contributed by atoms with E-state index in [1.54, 1.807) is 11.3 Å². The molecule has 7 heteroatoms. The molecule has 28 heavy (non-hydrogen) atoms. The molecule has 2 heterocycles. The van der Waals surface area contributed by atoms with E-state index in [-0.39, 0.29) is 25.0 Å². The maximum atomic E-state index is 12.6. The lowest BCUT2D eigenvalue weighted by molar-refractivity contribution is -0.123. The number of aromatic nitrogens is 1. The van der Waals surface area contributed by atoms with Crippen LogP contribution in [0.3, 0.4) is 0 Å². The van der Waals surface area contributed by atoms with Crippen molar-refractivity contribution in [2.75, 3.05) is 23.4 Å². The zero-order valence-electron chi connectivity index (χ0n) is 15.6. The van der Waals surface area contributed by atoms with Crippen molar-refractivity contribution in [2.24, 2.45) is 0 Å². The highest BCUT2D eigenvalue weighted by Crippen LogP contribution is 2.36. The summed E-state index contributed by atoms with van der Waals surface area (Å²) in [6.07, 6.45) is 0. The molecule has 0 bridgehead atoms. The molecular formula is C21H19N3O3S. The number of para-hydroxylation sites is 1. The van der Waals surface area contributed by atoms with Crippen molar-refractivity contribution in [3.05, 3.63) is 58.4 Å². The number of fused-ring (bicyclic) bond motifs is 1. The Kier molecular flexibility index (Phi) is 4.83. The fourth-order valence-corrected chi connectivity index (χ4v) is 3.70. The number of amides is 2. The summed E-state index contributed by atoms with van der Waals surface area (Å²) in [7, 11) is 0. The lowest BCUT2D eigenvalue weighted by Gasteiger charge is -2.29. The molecule has 0 atom stereocenters. The number of anilines is 2. The molecule has 4 rings (SSSR count). The maximum Gasteiger partial charge on any atom is 0.265 e. The molecule has 1 aromatic heterocycles. The van der Waals surface area contributed by atoms with Crippen LogP contribution in [-0.2, 0) is 9.59 Å². The zero-order chi connectivity index (χ0) is 19.7. The van der Waals surface area contributed by atoms with Gasteiger partial charge in [-0.1, -0.05) is 18.2 Å². The number of hydrogen-bond donors (Lipinski definition) is 1. The Morgan fingerprint density at radius 3 is 2.82 bits per heavy atom. The smallest absolute Gasteiger partial charge is 0.265 e. The fourth-order valence-electron chi connectivity index (χ4n) is 3.08. The van der Waals surface area contributed by atoms with Crippen molar-refractivity contribution in [3.8, 4) is 17.0 Å². The molecule has 2 amide bonds. The number of aryl methyl sites for hydroxylation is 2. The highest BCUT2D eigenvalue weighted by Gasteiger charge is 2.28. The second-order valence-electron chi connectivity index (χ2n) is 6.57. The van der Waals surface area contributed by atoms with Gasteiger partial charge in [-0.25, -0.2) is 4.98 Å². The van der Waals surface area contributed by atoms with Gasteiger partial charge in [0, 0.05) is 16.6 Å².